The van der Waals surface area contributed by atoms with E-state index in [0.29, 0.717) is 50.6 Å². The number of nitrogens with one attached hydrogen (secondary N) is 2. The van der Waals surface area contributed by atoms with E-state index in [1.54, 1.807) is 31.5 Å². The summed E-state index contributed by atoms with van der Waals surface area (Å²) in [5, 5.41) is 4.15. The number of H-pyrrole nitrogens is 1. The SMILES string of the molecule is COc1cc(NC2CCN(C)CC2)ccc1C#Cc1cnc(N)nc1-c1cc(C(N)=O)c(-c2cc(Cl)ccc2C)[nH]1. The number of methoxy groups -OCH3 is 1. The number of nitrogens with two attached hydrogens (primary N) is 2. The van der Waals surface area contributed by atoms with Gasteiger partial charge in [0, 0.05) is 34.6 Å². The summed E-state index contributed by atoms with van der Waals surface area (Å²) in [6.45, 7) is 4.08. The Bertz CT molecular complexity index is 1660. The first kappa shape index (κ1) is 28.0. The van der Waals surface area contributed by atoms with Crippen LogP contribution in [0.1, 0.15) is 39.9 Å². The third-order valence-electron chi connectivity index (χ3n) is 7.24. The van der Waals surface area contributed by atoms with Crippen LogP contribution in [0.4, 0.5) is 11.6 Å². The summed E-state index contributed by atoms with van der Waals surface area (Å²) in [4.78, 5) is 26.6. The number of nitrogens with zero attached hydrogens (tertiary/aromatic N) is 3. The van der Waals surface area contributed by atoms with Crippen LogP contribution in [0.5, 0.6) is 5.75 Å². The van der Waals surface area contributed by atoms with Gasteiger partial charge in [0.2, 0.25) is 5.95 Å². The number of ether oxygens (including phenoxy) is 1. The van der Waals surface area contributed by atoms with Crippen molar-refractivity contribution in [3.63, 3.8) is 0 Å². The minimum atomic E-state index is -0.588. The molecule has 0 bridgehead atoms. The quantitative estimate of drug-likeness (QED) is 0.247. The lowest BCUT2D eigenvalue weighted by Crippen LogP contribution is -2.36. The van der Waals surface area contributed by atoms with Crippen molar-refractivity contribution in [3.8, 4) is 40.2 Å². The molecule has 1 fully saturated rings. The van der Waals surface area contributed by atoms with E-state index in [-0.39, 0.29) is 5.95 Å². The van der Waals surface area contributed by atoms with Crippen LogP contribution in [-0.4, -0.2) is 59.0 Å². The van der Waals surface area contributed by atoms with Gasteiger partial charge in [-0.3, -0.25) is 4.79 Å². The summed E-state index contributed by atoms with van der Waals surface area (Å²) in [6.07, 6.45) is 3.74. The van der Waals surface area contributed by atoms with E-state index in [1.807, 2.05) is 31.2 Å². The van der Waals surface area contributed by atoms with Crippen LogP contribution in [0.3, 0.4) is 0 Å². The first-order chi connectivity index (χ1) is 19.7. The number of carbonyl (C=O) groups is 1. The zero-order valence-electron chi connectivity index (χ0n) is 23.2. The molecule has 9 nitrogen and oxygen atoms in total. The predicted octanol–water partition coefficient (Wildman–Crippen LogP) is 4.70. The Morgan fingerprint density at radius 2 is 1.90 bits per heavy atom. The Labute approximate surface area is 244 Å². The third-order valence-corrected chi connectivity index (χ3v) is 7.47. The molecule has 2 aromatic carbocycles. The number of aryl methyl sites for hydroxylation is 1. The minimum absolute atomic E-state index is 0.0724. The molecule has 0 radical (unpaired) electrons. The number of aromatic nitrogens is 3. The molecule has 4 aromatic rings. The second-order valence-corrected chi connectivity index (χ2v) is 10.6. The van der Waals surface area contributed by atoms with E-state index in [0.717, 1.165) is 42.7 Å². The lowest BCUT2D eigenvalue weighted by Gasteiger charge is -2.30. The number of likely N-dealkylation sites (tertiary alicyclic amines) is 1. The number of aromatic amines is 1. The molecule has 5 rings (SSSR count). The summed E-state index contributed by atoms with van der Waals surface area (Å²) in [5.74, 6) is 6.49. The molecule has 1 aliphatic rings. The Kier molecular flexibility index (Phi) is 8.15. The maximum absolute atomic E-state index is 12.4. The predicted molar refractivity (Wildman–Crippen MR) is 163 cm³/mol. The normalized spacial score (nSPS) is 13.9. The molecule has 41 heavy (non-hydrogen) atoms. The van der Waals surface area contributed by atoms with Gasteiger partial charge >= 0.3 is 0 Å². The van der Waals surface area contributed by atoms with Gasteiger partial charge in [0.25, 0.3) is 5.91 Å². The number of rotatable bonds is 6. The van der Waals surface area contributed by atoms with E-state index in [9.17, 15) is 4.79 Å². The van der Waals surface area contributed by atoms with Gasteiger partial charge in [-0.25, -0.2) is 9.97 Å². The molecular weight excluding hydrogens is 538 g/mol. The second kappa shape index (κ2) is 11.9. The first-order valence-electron chi connectivity index (χ1n) is 13.3. The van der Waals surface area contributed by atoms with Crippen LogP contribution in [0, 0.1) is 18.8 Å². The Hall–Kier alpha value is -4.52. The van der Waals surface area contributed by atoms with Crippen LogP contribution in [0.2, 0.25) is 5.02 Å². The number of benzene rings is 2. The molecule has 0 spiro atoms. The van der Waals surface area contributed by atoms with E-state index in [2.05, 4.69) is 44.1 Å². The van der Waals surface area contributed by atoms with Crippen LogP contribution in [-0.2, 0) is 0 Å². The highest BCUT2D eigenvalue weighted by Gasteiger charge is 2.20. The molecule has 0 unspecified atom stereocenters. The van der Waals surface area contributed by atoms with E-state index >= 15 is 0 Å². The van der Waals surface area contributed by atoms with E-state index in [4.69, 9.17) is 27.8 Å². The highest BCUT2D eigenvalue weighted by Crippen LogP contribution is 2.33. The monoisotopic (exact) mass is 569 g/mol. The smallest absolute Gasteiger partial charge is 0.250 e. The molecule has 1 amide bonds. The fourth-order valence-corrected chi connectivity index (χ4v) is 5.12. The van der Waals surface area contributed by atoms with Gasteiger partial charge in [0.1, 0.15) is 11.4 Å². The zero-order valence-corrected chi connectivity index (χ0v) is 24.0. The molecule has 2 aromatic heterocycles. The van der Waals surface area contributed by atoms with Crippen molar-refractivity contribution in [2.45, 2.75) is 25.8 Å². The van der Waals surface area contributed by atoms with Crippen molar-refractivity contribution in [1.82, 2.24) is 19.9 Å². The minimum Gasteiger partial charge on any atom is -0.495 e. The van der Waals surface area contributed by atoms with Gasteiger partial charge < -0.3 is 31.4 Å². The van der Waals surface area contributed by atoms with Crippen LogP contribution in [0.25, 0.3) is 22.6 Å². The van der Waals surface area contributed by atoms with Crippen molar-refractivity contribution in [2.75, 3.05) is 38.3 Å². The lowest BCUT2D eigenvalue weighted by atomic mass is 10.0. The van der Waals surface area contributed by atoms with Gasteiger partial charge in [-0.05, 0) is 75.8 Å². The van der Waals surface area contributed by atoms with Crippen molar-refractivity contribution in [2.24, 2.45) is 5.73 Å². The van der Waals surface area contributed by atoms with Crippen LogP contribution in [0.15, 0.2) is 48.7 Å². The summed E-state index contributed by atoms with van der Waals surface area (Å²) in [5.41, 5.74) is 17.4. The number of nitrogen functional groups attached to an aromatic ring is 1. The molecule has 3 heterocycles. The maximum Gasteiger partial charge on any atom is 0.250 e. The molecule has 210 valence electrons. The van der Waals surface area contributed by atoms with Crippen molar-refractivity contribution >= 4 is 29.1 Å². The fourth-order valence-electron chi connectivity index (χ4n) is 4.95. The third kappa shape index (κ3) is 6.30. The lowest BCUT2D eigenvalue weighted by molar-refractivity contribution is 0.100. The Morgan fingerprint density at radius 1 is 1.15 bits per heavy atom. The summed E-state index contributed by atoms with van der Waals surface area (Å²) < 4.78 is 5.66. The molecule has 1 aliphatic heterocycles. The van der Waals surface area contributed by atoms with Gasteiger partial charge in [-0.2, -0.15) is 0 Å². The molecular formula is C31H32ClN7O2. The molecule has 10 heteroatoms. The number of hydrogen-bond acceptors (Lipinski definition) is 7. The number of primary amides is 1. The van der Waals surface area contributed by atoms with E-state index in [1.165, 1.54) is 0 Å². The van der Waals surface area contributed by atoms with Gasteiger partial charge in [0.05, 0.1) is 35.2 Å². The van der Waals surface area contributed by atoms with E-state index < -0.39 is 5.91 Å². The topological polar surface area (TPSA) is 135 Å². The first-order valence-corrected chi connectivity index (χ1v) is 13.7. The molecule has 0 aliphatic carbocycles. The number of carbonyl (C=O) groups excluding carboxylic acids is 1. The van der Waals surface area contributed by atoms with Crippen molar-refractivity contribution < 1.29 is 9.53 Å². The summed E-state index contributed by atoms with van der Waals surface area (Å²) >= 11 is 6.25. The highest BCUT2D eigenvalue weighted by atomic mass is 35.5. The Morgan fingerprint density at radius 3 is 2.63 bits per heavy atom. The molecule has 1 saturated heterocycles. The standard InChI is InChI=1S/C31H32ClN7O2/c1-18-4-8-21(32)14-24(18)29-25(30(33)40)16-26(37-29)28-20(17-35-31(34)38-28)6-5-19-7-9-23(15-27(19)41-3)36-22-10-12-39(2)13-11-22/h4,7-9,14-17,22,36-37H,10-13H2,1-3H3,(H2,33,40)(H2,34,35,38). The fraction of sp³-hybridized carbons (Fsp3) is 0.258. The average molecular weight is 570 g/mol. The molecule has 6 N–H and O–H groups in total. The highest BCUT2D eigenvalue weighted by molar-refractivity contribution is 6.31. The summed E-state index contributed by atoms with van der Waals surface area (Å²) in [7, 11) is 3.77. The van der Waals surface area contributed by atoms with Crippen LogP contribution < -0.4 is 21.5 Å². The van der Waals surface area contributed by atoms with Gasteiger partial charge in [-0.1, -0.05) is 29.5 Å². The van der Waals surface area contributed by atoms with Crippen LogP contribution >= 0.6 is 11.6 Å². The van der Waals surface area contributed by atoms with Crippen molar-refractivity contribution in [3.05, 3.63) is 75.9 Å². The molecule has 0 atom stereocenters. The number of amides is 1. The number of anilines is 2. The second-order valence-electron chi connectivity index (χ2n) is 10.2. The maximum atomic E-state index is 12.4. The number of piperidine rings is 1. The largest absolute Gasteiger partial charge is 0.495 e. The summed E-state index contributed by atoms with van der Waals surface area (Å²) in [6, 6.07) is 13.4. The zero-order chi connectivity index (χ0) is 29.1. The Balaban J connectivity index is 1.49. The average Bonchev–Trinajstić information content (AvgIpc) is 3.41. The number of halogens is 1. The molecule has 0 saturated carbocycles. The number of hydrogen-bond donors (Lipinski definition) is 4. The van der Waals surface area contributed by atoms with Crippen molar-refractivity contribution in [1.29, 1.82) is 0 Å². The van der Waals surface area contributed by atoms with Gasteiger partial charge in [0.15, 0.2) is 0 Å². The van der Waals surface area contributed by atoms with Gasteiger partial charge in [-0.15, -0.1) is 0 Å².